The molecule has 1 saturated heterocycles. The van der Waals surface area contributed by atoms with E-state index in [4.69, 9.17) is 5.73 Å². The Morgan fingerprint density at radius 3 is 2.80 bits per heavy atom. The largest absolute Gasteiger partial charge is 0.369 e. The average molecular weight is 275 g/mol. The average Bonchev–Trinajstić information content (AvgIpc) is 2.41. The molecule has 4 nitrogen and oxygen atoms in total. The molecule has 0 spiro atoms. The molecule has 110 valence electrons. The summed E-state index contributed by atoms with van der Waals surface area (Å²) in [7, 11) is 1.96. The summed E-state index contributed by atoms with van der Waals surface area (Å²) < 4.78 is 0. The number of aryl methyl sites for hydroxylation is 1. The van der Waals surface area contributed by atoms with Crippen molar-refractivity contribution in [1.82, 2.24) is 5.32 Å². The van der Waals surface area contributed by atoms with Gasteiger partial charge in [0.05, 0.1) is 5.92 Å². The first kappa shape index (κ1) is 14.9. The molecule has 20 heavy (non-hydrogen) atoms. The van der Waals surface area contributed by atoms with E-state index in [-0.39, 0.29) is 11.8 Å². The highest BCUT2D eigenvalue weighted by Gasteiger charge is 2.28. The van der Waals surface area contributed by atoms with Crippen LogP contribution in [0.4, 0.5) is 5.69 Å². The molecule has 0 saturated carbocycles. The van der Waals surface area contributed by atoms with Crippen molar-refractivity contribution in [2.45, 2.75) is 39.3 Å². The molecule has 4 heteroatoms. The first-order valence-corrected chi connectivity index (χ1v) is 7.33. The Labute approximate surface area is 121 Å². The van der Waals surface area contributed by atoms with Crippen molar-refractivity contribution in [2.75, 3.05) is 18.5 Å². The van der Waals surface area contributed by atoms with Gasteiger partial charge in [0.15, 0.2) is 0 Å². The lowest BCUT2D eigenvalue weighted by atomic mass is 9.92. The van der Waals surface area contributed by atoms with E-state index in [0.717, 1.165) is 25.9 Å². The molecule has 1 amide bonds. The third-order valence-corrected chi connectivity index (χ3v) is 4.31. The summed E-state index contributed by atoms with van der Waals surface area (Å²) in [6.45, 7) is 5.97. The number of nitrogens with two attached hydrogens (primary N) is 1. The number of rotatable bonds is 4. The van der Waals surface area contributed by atoms with E-state index in [2.05, 4.69) is 42.3 Å². The van der Waals surface area contributed by atoms with E-state index in [0.29, 0.717) is 6.04 Å². The molecule has 1 fully saturated rings. The van der Waals surface area contributed by atoms with Gasteiger partial charge in [-0.3, -0.25) is 4.79 Å². The second-order valence-electron chi connectivity index (χ2n) is 5.82. The summed E-state index contributed by atoms with van der Waals surface area (Å²) >= 11 is 0. The Morgan fingerprint density at radius 1 is 1.45 bits per heavy atom. The molecule has 2 unspecified atom stereocenters. The number of benzene rings is 1. The number of anilines is 1. The van der Waals surface area contributed by atoms with Crippen LogP contribution in [-0.2, 0) is 11.3 Å². The smallest absolute Gasteiger partial charge is 0.222 e. The van der Waals surface area contributed by atoms with E-state index in [1.54, 1.807) is 0 Å². The zero-order chi connectivity index (χ0) is 14.7. The fourth-order valence-electron chi connectivity index (χ4n) is 2.95. The van der Waals surface area contributed by atoms with Crippen molar-refractivity contribution in [3.05, 3.63) is 29.3 Å². The van der Waals surface area contributed by atoms with Gasteiger partial charge in [-0.25, -0.2) is 0 Å². The highest BCUT2D eigenvalue weighted by Crippen LogP contribution is 2.29. The summed E-state index contributed by atoms with van der Waals surface area (Å²) in [5.74, 6) is -0.200. The second kappa shape index (κ2) is 6.27. The van der Waals surface area contributed by atoms with E-state index >= 15 is 0 Å². The molecule has 2 atom stereocenters. The Hall–Kier alpha value is -1.55. The molecule has 2 rings (SSSR count). The highest BCUT2D eigenvalue weighted by molar-refractivity contribution is 5.77. The van der Waals surface area contributed by atoms with Crippen LogP contribution in [0.25, 0.3) is 0 Å². The zero-order valence-electron chi connectivity index (χ0n) is 12.6. The number of carbonyl (C=O) groups excluding carboxylic acids is 1. The van der Waals surface area contributed by atoms with Crippen molar-refractivity contribution < 1.29 is 4.79 Å². The van der Waals surface area contributed by atoms with Crippen LogP contribution in [0, 0.1) is 12.8 Å². The molecular formula is C16H25N3O. The van der Waals surface area contributed by atoms with Gasteiger partial charge in [0.25, 0.3) is 0 Å². The topological polar surface area (TPSA) is 58.4 Å². The third-order valence-electron chi connectivity index (χ3n) is 4.31. The summed E-state index contributed by atoms with van der Waals surface area (Å²) in [4.78, 5) is 13.7. The number of nitrogens with zero attached hydrogens (tertiary/aromatic N) is 1. The molecule has 0 bridgehead atoms. The Morgan fingerprint density at radius 2 is 2.20 bits per heavy atom. The van der Waals surface area contributed by atoms with Crippen LogP contribution in [0.15, 0.2) is 18.2 Å². The number of hydrogen-bond acceptors (Lipinski definition) is 3. The normalized spacial score (nSPS) is 22.9. The number of amides is 1. The van der Waals surface area contributed by atoms with Gasteiger partial charge in [-0.1, -0.05) is 6.07 Å². The van der Waals surface area contributed by atoms with Gasteiger partial charge in [-0.05, 0) is 57.0 Å². The van der Waals surface area contributed by atoms with Crippen molar-refractivity contribution >= 4 is 11.6 Å². The van der Waals surface area contributed by atoms with Gasteiger partial charge in [0.1, 0.15) is 0 Å². The molecular weight excluding hydrogens is 250 g/mol. The van der Waals surface area contributed by atoms with Crippen molar-refractivity contribution in [1.29, 1.82) is 0 Å². The lowest BCUT2D eigenvalue weighted by Crippen LogP contribution is -2.45. The van der Waals surface area contributed by atoms with Gasteiger partial charge in [0.2, 0.25) is 5.91 Å². The molecule has 1 aliphatic heterocycles. The first-order chi connectivity index (χ1) is 9.52. The minimum absolute atomic E-state index is 0.0245. The molecule has 1 aromatic carbocycles. The van der Waals surface area contributed by atoms with Crippen LogP contribution in [0.1, 0.15) is 30.9 Å². The van der Waals surface area contributed by atoms with Gasteiger partial charge in [-0.2, -0.15) is 0 Å². The van der Waals surface area contributed by atoms with E-state index in [1.807, 2.05) is 7.05 Å². The summed E-state index contributed by atoms with van der Waals surface area (Å²) in [6, 6.07) is 6.99. The predicted octanol–water partition coefficient (Wildman–Crippen LogP) is 1.80. The molecule has 1 aromatic rings. The number of hydrogen-bond donors (Lipinski definition) is 2. The van der Waals surface area contributed by atoms with Crippen LogP contribution < -0.4 is 16.0 Å². The van der Waals surface area contributed by atoms with E-state index in [1.165, 1.54) is 16.8 Å². The van der Waals surface area contributed by atoms with Crippen molar-refractivity contribution in [3.8, 4) is 0 Å². The lowest BCUT2D eigenvalue weighted by Gasteiger charge is -2.39. The zero-order valence-corrected chi connectivity index (χ0v) is 12.6. The quantitative estimate of drug-likeness (QED) is 0.881. The van der Waals surface area contributed by atoms with Gasteiger partial charge >= 0.3 is 0 Å². The molecule has 0 aromatic heterocycles. The molecule has 0 aliphatic carbocycles. The second-order valence-corrected chi connectivity index (χ2v) is 5.82. The maximum Gasteiger partial charge on any atom is 0.222 e. The maximum absolute atomic E-state index is 11.4. The maximum atomic E-state index is 11.4. The number of piperidine rings is 1. The third kappa shape index (κ3) is 3.12. The summed E-state index contributed by atoms with van der Waals surface area (Å²) in [5, 5.41) is 3.18. The number of carbonyl (C=O) groups is 1. The van der Waals surface area contributed by atoms with Crippen LogP contribution in [0.3, 0.4) is 0 Å². The fraction of sp³-hybridized carbons (Fsp3) is 0.562. The Kier molecular flexibility index (Phi) is 4.65. The van der Waals surface area contributed by atoms with Gasteiger partial charge < -0.3 is 16.0 Å². The van der Waals surface area contributed by atoms with Crippen LogP contribution in [0.5, 0.6) is 0 Å². The van der Waals surface area contributed by atoms with Crippen LogP contribution in [0.2, 0.25) is 0 Å². The Bertz CT molecular complexity index is 487. The summed E-state index contributed by atoms with van der Waals surface area (Å²) in [5.41, 5.74) is 9.26. The predicted molar refractivity (Wildman–Crippen MR) is 82.7 cm³/mol. The standard InChI is InChI=1S/C16H25N3O/c1-11-8-15(7-6-13(11)9-18-3)19-10-14(16(17)20)5-4-12(19)2/h6-8,12,14,18H,4-5,9-10H2,1-3H3,(H2,17,20). The van der Waals surface area contributed by atoms with Crippen molar-refractivity contribution in [2.24, 2.45) is 11.7 Å². The van der Waals surface area contributed by atoms with Gasteiger partial charge in [0, 0.05) is 24.8 Å². The van der Waals surface area contributed by atoms with E-state index < -0.39 is 0 Å². The molecule has 1 aliphatic rings. The minimum atomic E-state index is -0.176. The SMILES string of the molecule is CNCc1ccc(N2CC(C(N)=O)CCC2C)cc1C. The number of nitrogens with one attached hydrogen (secondary N) is 1. The molecule has 0 radical (unpaired) electrons. The Balaban J connectivity index is 2.20. The summed E-state index contributed by atoms with van der Waals surface area (Å²) in [6.07, 6.45) is 1.93. The lowest BCUT2D eigenvalue weighted by molar-refractivity contribution is -0.122. The van der Waals surface area contributed by atoms with E-state index in [9.17, 15) is 4.79 Å². The van der Waals surface area contributed by atoms with Crippen LogP contribution >= 0.6 is 0 Å². The van der Waals surface area contributed by atoms with Gasteiger partial charge in [-0.15, -0.1) is 0 Å². The minimum Gasteiger partial charge on any atom is -0.369 e. The highest BCUT2D eigenvalue weighted by atomic mass is 16.1. The van der Waals surface area contributed by atoms with Crippen LogP contribution in [-0.4, -0.2) is 25.5 Å². The monoisotopic (exact) mass is 275 g/mol. The number of primary amides is 1. The fourth-order valence-corrected chi connectivity index (χ4v) is 2.95. The molecule has 3 N–H and O–H groups in total. The first-order valence-electron chi connectivity index (χ1n) is 7.33. The van der Waals surface area contributed by atoms with Crippen molar-refractivity contribution in [3.63, 3.8) is 0 Å². The molecule has 1 heterocycles.